The van der Waals surface area contributed by atoms with Crippen molar-refractivity contribution in [3.05, 3.63) is 77.1 Å². The molecular weight excluding hydrogens is 526 g/mol. The number of hydrogen-bond acceptors (Lipinski definition) is 3. The lowest BCUT2D eigenvalue weighted by atomic mass is 9.47. The Labute approximate surface area is 228 Å². The quantitative estimate of drug-likeness (QED) is 0.309. The second-order valence-corrected chi connectivity index (χ2v) is 11.8. The van der Waals surface area contributed by atoms with Crippen LogP contribution in [0.5, 0.6) is 5.75 Å². The molecule has 4 fully saturated rings. The molecule has 1 amide bonds. The fraction of sp³-hybridized carbons (Fsp3) is 0.419. The summed E-state index contributed by atoms with van der Waals surface area (Å²) in [4.78, 5) is 26.3. The van der Waals surface area contributed by atoms with Crippen molar-refractivity contribution in [2.75, 3.05) is 0 Å². The standard InChI is InChI=1S/C31H29F4NO4/c32-25-3-1-2-23-22(25)8-9-24(26(23)40-16-17-4-6-21(7-5-17)31(33,34)35)28(37)36-27(29(38)39)30-13-18-10-19(14-30)12-20(11-18)15-30/h1-9,18-20,27H,10-16H2,(H,36,37)(H,38,39)/t18?,19?,20?,27-,30?/m1/s1. The molecule has 5 nitrogen and oxygen atoms in total. The van der Waals surface area contributed by atoms with Gasteiger partial charge < -0.3 is 15.2 Å². The summed E-state index contributed by atoms with van der Waals surface area (Å²) in [6.45, 7) is -0.175. The SMILES string of the molecule is O=C(N[C@H](C(=O)O)C12CC3CC(CC(C3)C1)C2)c1ccc2c(F)cccc2c1OCc1ccc(C(F)(F)F)cc1. The van der Waals surface area contributed by atoms with Crippen molar-refractivity contribution < 1.29 is 37.0 Å². The van der Waals surface area contributed by atoms with Crippen LogP contribution >= 0.6 is 0 Å². The molecular formula is C31H29F4NO4. The van der Waals surface area contributed by atoms with Crippen molar-refractivity contribution >= 4 is 22.6 Å². The van der Waals surface area contributed by atoms with Gasteiger partial charge >= 0.3 is 12.1 Å². The predicted octanol–water partition coefficient (Wildman–Crippen LogP) is 6.98. The van der Waals surface area contributed by atoms with E-state index in [0.29, 0.717) is 28.7 Å². The molecule has 3 aromatic rings. The molecule has 0 spiro atoms. The second kappa shape index (κ2) is 9.78. The van der Waals surface area contributed by atoms with Crippen molar-refractivity contribution in [2.45, 2.75) is 57.3 Å². The fourth-order valence-corrected chi connectivity index (χ4v) is 7.79. The molecule has 0 saturated heterocycles. The Kier molecular flexibility index (Phi) is 6.50. The van der Waals surface area contributed by atoms with Crippen LogP contribution in [-0.2, 0) is 17.6 Å². The van der Waals surface area contributed by atoms with Crippen LogP contribution in [0.1, 0.15) is 60.0 Å². The molecule has 4 bridgehead atoms. The van der Waals surface area contributed by atoms with Crippen molar-refractivity contribution in [3.8, 4) is 5.75 Å². The molecule has 4 aliphatic rings. The molecule has 0 unspecified atom stereocenters. The van der Waals surface area contributed by atoms with Crippen LogP contribution in [-0.4, -0.2) is 23.0 Å². The maximum atomic E-state index is 14.6. The van der Waals surface area contributed by atoms with E-state index in [1.54, 1.807) is 6.07 Å². The molecule has 0 heterocycles. The maximum Gasteiger partial charge on any atom is 0.416 e. The third-order valence-corrected chi connectivity index (χ3v) is 9.09. The summed E-state index contributed by atoms with van der Waals surface area (Å²) in [6, 6.07) is 10.6. The number of benzene rings is 3. The lowest BCUT2D eigenvalue weighted by Crippen LogP contribution is -2.59. The van der Waals surface area contributed by atoms with Crippen molar-refractivity contribution in [2.24, 2.45) is 23.2 Å². The van der Waals surface area contributed by atoms with Gasteiger partial charge in [0.15, 0.2) is 0 Å². The monoisotopic (exact) mass is 555 g/mol. The van der Waals surface area contributed by atoms with Crippen molar-refractivity contribution in [1.29, 1.82) is 0 Å². The molecule has 1 atom stereocenters. The zero-order valence-electron chi connectivity index (χ0n) is 21.6. The fourth-order valence-electron chi connectivity index (χ4n) is 7.79. The Morgan fingerprint density at radius 3 is 2.12 bits per heavy atom. The van der Waals surface area contributed by atoms with E-state index >= 15 is 0 Å². The largest absolute Gasteiger partial charge is 0.487 e. The van der Waals surface area contributed by atoms with Crippen LogP contribution < -0.4 is 10.1 Å². The van der Waals surface area contributed by atoms with Crippen LogP contribution in [0.15, 0.2) is 54.6 Å². The molecule has 2 N–H and O–H groups in total. The summed E-state index contributed by atoms with van der Waals surface area (Å²) >= 11 is 0. The molecule has 40 heavy (non-hydrogen) atoms. The van der Waals surface area contributed by atoms with Gasteiger partial charge in [-0.25, -0.2) is 9.18 Å². The summed E-state index contributed by atoms with van der Waals surface area (Å²) in [5.41, 5.74) is -0.834. The van der Waals surface area contributed by atoms with Gasteiger partial charge in [-0.1, -0.05) is 30.3 Å². The first-order chi connectivity index (χ1) is 19.0. The number of rotatable bonds is 7. The Morgan fingerprint density at radius 2 is 1.55 bits per heavy atom. The van der Waals surface area contributed by atoms with Crippen LogP contribution in [0.3, 0.4) is 0 Å². The summed E-state index contributed by atoms with van der Waals surface area (Å²) in [7, 11) is 0. The number of nitrogens with one attached hydrogen (secondary N) is 1. The Morgan fingerprint density at radius 1 is 0.925 bits per heavy atom. The number of carboxylic acid groups (broad SMARTS) is 1. The number of carbonyl (C=O) groups excluding carboxylic acids is 1. The maximum absolute atomic E-state index is 14.6. The number of fused-ring (bicyclic) bond motifs is 1. The first-order valence-electron chi connectivity index (χ1n) is 13.6. The molecule has 4 saturated carbocycles. The van der Waals surface area contributed by atoms with Crippen LogP contribution in [0.25, 0.3) is 10.8 Å². The normalized spacial score (nSPS) is 26.1. The lowest BCUT2D eigenvalue weighted by Gasteiger charge is -2.58. The summed E-state index contributed by atoms with van der Waals surface area (Å²) in [5.74, 6) is -0.750. The number of carbonyl (C=O) groups is 2. The van der Waals surface area contributed by atoms with Crippen molar-refractivity contribution in [1.82, 2.24) is 5.32 Å². The summed E-state index contributed by atoms with van der Waals surface area (Å²) < 4.78 is 59.5. The van der Waals surface area contributed by atoms with Crippen molar-refractivity contribution in [3.63, 3.8) is 0 Å². The Hall–Kier alpha value is -3.62. The first kappa shape index (κ1) is 26.6. The highest BCUT2D eigenvalue weighted by molar-refractivity contribution is 6.05. The number of hydrogen-bond donors (Lipinski definition) is 2. The van der Waals surface area contributed by atoms with E-state index in [1.165, 1.54) is 36.4 Å². The van der Waals surface area contributed by atoms with E-state index in [1.807, 2.05) is 0 Å². The highest BCUT2D eigenvalue weighted by Crippen LogP contribution is 2.61. The first-order valence-corrected chi connectivity index (χ1v) is 13.6. The lowest BCUT2D eigenvalue weighted by molar-refractivity contribution is -0.150. The average Bonchev–Trinajstić information content (AvgIpc) is 2.89. The third kappa shape index (κ3) is 4.80. The second-order valence-electron chi connectivity index (χ2n) is 11.8. The zero-order valence-corrected chi connectivity index (χ0v) is 21.6. The van der Waals surface area contributed by atoms with Gasteiger partial charge in [-0.3, -0.25) is 4.79 Å². The molecule has 210 valence electrons. The van der Waals surface area contributed by atoms with Crippen LogP contribution in [0, 0.1) is 29.0 Å². The van der Waals surface area contributed by atoms with Gasteiger partial charge in [-0.05, 0) is 86.1 Å². The molecule has 0 radical (unpaired) electrons. The van der Waals surface area contributed by atoms with Gasteiger partial charge in [-0.15, -0.1) is 0 Å². The minimum atomic E-state index is -4.48. The number of carboxylic acids is 1. The number of aliphatic carboxylic acids is 1. The van der Waals surface area contributed by atoms with Gasteiger partial charge in [0.05, 0.1) is 11.1 Å². The molecule has 0 aromatic heterocycles. The van der Waals surface area contributed by atoms with E-state index in [0.717, 1.165) is 50.7 Å². The zero-order chi connectivity index (χ0) is 28.2. The highest BCUT2D eigenvalue weighted by Gasteiger charge is 2.56. The molecule has 9 heteroatoms. The topological polar surface area (TPSA) is 75.6 Å². The van der Waals surface area contributed by atoms with E-state index in [9.17, 15) is 32.3 Å². The molecule has 0 aliphatic heterocycles. The number of ether oxygens (including phenoxy) is 1. The van der Waals surface area contributed by atoms with Gasteiger partial charge in [0.1, 0.15) is 24.2 Å². The van der Waals surface area contributed by atoms with E-state index < -0.39 is 40.9 Å². The molecule has 4 aliphatic carbocycles. The summed E-state index contributed by atoms with van der Waals surface area (Å²) in [5, 5.41) is 13.6. The van der Waals surface area contributed by atoms with Gasteiger partial charge in [0.25, 0.3) is 5.91 Å². The highest BCUT2D eigenvalue weighted by atomic mass is 19.4. The smallest absolute Gasteiger partial charge is 0.416 e. The van der Waals surface area contributed by atoms with Crippen LogP contribution in [0.4, 0.5) is 17.6 Å². The molecule has 3 aromatic carbocycles. The van der Waals surface area contributed by atoms with E-state index in [4.69, 9.17) is 4.74 Å². The number of amides is 1. The van der Waals surface area contributed by atoms with Gasteiger partial charge in [0.2, 0.25) is 0 Å². The van der Waals surface area contributed by atoms with Gasteiger partial charge in [0, 0.05) is 16.2 Å². The number of alkyl halides is 3. The predicted molar refractivity (Wildman–Crippen MR) is 139 cm³/mol. The minimum Gasteiger partial charge on any atom is -0.487 e. The van der Waals surface area contributed by atoms with E-state index in [2.05, 4.69) is 5.32 Å². The average molecular weight is 556 g/mol. The molecule has 7 rings (SSSR count). The summed E-state index contributed by atoms with van der Waals surface area (Å²) in [6.07, 6.45) is 1.21. The Bertz CT molecular complexity index is 1430. The van der Waals surface area contributed by atoms with Crippen LogP contribution in [0.2, 0.25) is 0 Å². The van der Waals surface area contributed by atoms with E-state index in [-0.39, 0.29) is 23.3 Å². The van der Waals surface area contributed by atoms with Gasteiger partial charge in [-0.2, -0.15) is 13.2 Å². The third-order valence-electron chi connectivity index (χ3n) is 9.09. The Balaban J connectivity index is 1.31. The minimum absolute atomic E-state index is 0.0426. The number of halogens is 4.